The van der Waals surface area contributed by atoms with Crippen molar-refractivity contribution in [2.24, 2.45) is 0 Å². The van der Waals surface area contributed by atoms with E-state index in [-0.39, 0.29) is 5.56 Å². The molecule has 0 atom stereocenters. The number of aryl methyl sites for hydroxylation is 1. The summed E-state index contributed by atoms with van der Waals surface area (Å²) >= 11 is 1.45. The minimum absolute atomic E-state index is 0.168. The Morgan fingerprint density at radius 1 is 1.29 bits per heavy atom. The SMILES string of the molecule is COCc1cc(=O)[nH]c(SCCOc2ccc(C)cc2)n1. The summed E-state index contributed by atoms with van der Waals surface area (Å²) in [6.07, 6.45) is 0. The first-order valence-corrected chi connectivity index (χ1v) is 7.57. The van der Waals surface area contributed by atoms with Crippen molar-refractivity contribution < 1.29 is 9.47 Å². The zero-order valence-electron chi connectivity index (χ0n) is 12.1. The molecular formula is C15H18N2O3S. The first-order valence-electron chi connectivity index (χ1n) is 6.59. The number of hydrogen-bond donors (Lipinski definition) is 1. The van der Waals surface area contributed by atoms with Crippen molar-refractivity contribution in [1.29, 1.82) is 0 Å². The molecule has 0 aliphatic carbocycles. The third-order valence-electron chi connectivity index (χ3n) is 2.68. The number of aromatic nitrogens is 2. The van der Waals surface area contributed by atoms with E-state index in [1.807, 2.05) is 31.2 Å². The molecule has 0 bridgehead atoms. The summed E-state index contributed by atoms with van der Waals surface area (Å²) in [5.41, 5.74) is 1.66. The molecule has 0 fully saturated rings. The van der Waals surface area contributed by atoms with Crippen LogP contribution in [0.15, 0.2) is 40.3 Å². The lowest BCUT2D eigenvalue weighted by atomic mass is 10.2. The highest BCUT2D eigenvalue weighted by Gasteiger charge is 2.02. The number of hydrogen-bond acceptors (Lipinski definition) is 5. The molecule has 5 nitrogen and oxygen atoms in total. The maximum atomic E-state index is 11.5. The Balaban J connectivity index is 1.83. The lowest BCUT2D eigenvalue weighted by Gasteiger charge is -2.06. The minimum Gasteiger partial charge on any atom is -0.493 e. The van der Waals surface area contributed by atoms with E-state index in [0.29, 0.717) is 29.8 Å². The van der Waals surface area contributed by atoms with Crippen LogP contribution in [0.25, 0.3) is 0 Å². The van der Waals surface area contributed by atoms with Crippen LogP contribution in [-0.4, -0.2) is 29.4 Å². The molecule has 0 aliphatic heterocycles. The molecule has 0 saturated heterocycles. The van der Waals surface area contributed by atoms with E-state index in [2.05, 4.69) is 9.97 Å². The van der Waals surface area contributed by atoms with E-state index in [9.17, 15) is 4.79 Å². The van der Waals surface area contributed by atoms with Crippen LogP contribution in [0.4, 0.5) is 0 Å². The Bertz CT molecular complexity index is 626. The summed E-state index contributed by atoms with van der Waals surface area (Å²) in [5.74, 6) is 1.54. The van der Waals surface area contributed by atoms with Gasteiger partial charge in [0, 0.05) is 18.9 Å². The zero-order chi connectivity index (χ0) is 15.1. The molecule has 0 unspecified atom stereocenters. The van der Waals surface area contributed by atoms with E-state index >= 15 is 0 Å². The molecule has 2 aromatic rings. The van der Waals surface area contributed by atoms with Crippen LogP contribution in [0.1, 0.15) is 11.3 Å². The maximum absolute atomic E-state index is 11.5. The Morgan fingerprint density at radius 3 is 2.76 bits per heavy atom. The normalized spacial score (nSPS) is 10.6. The fraction of sp³-hybridized carbons (Fsp3) is 0.333. The number of nitrogens with zero attached hydrogens (tertiary/aromatic N) is 1. The van der Waals surface area contributed by atoms with Gasteiger partial charge in [-0.1, -0.05) is 29.5 Å². The quantitative estimate of drug-likeness (QED) is 0.483. The average molecular weight is 306 g/mol. The van der Waals surface area contributed by atoms with Gasteiger partial charge in [0.05, 0.1) is 18.9 Å². The smallest absolute Gasteiger partial charge is 0.251 e. The van der Waals surface area contributed by atoms with Crippen molar-refractivity contribution in [3.63, 3.8) is 0 Å². The van der Waals surface area contributed by atoms with E-state index in [4.69, 9.17) is 9.47 Å². The van der Waals surface area contributed by atoms with Crippen LogP contribution < -0.4 is 10.3 Å². The zero-order valence-corrected chi connectivity index (χ0v) is 12.9. The highest BCUT2D eigenvalue weighted by atomic mass is 32.2. The van der Waals surface area contributed by atoms with Crippen LogP contribution in [0.3, 0.4) is 0 Å². The van der Waals surface area contributed by atoms with Gasteiger partial charge in [0.15, 0.2) is 5.16 Å². The number of rotatable bonds is 7. The number of methoxy groups -OCH3 is 1. The summed E-state index contributed by atoms with van der Waals surface area (Å²) in [7, 11) is 1.57. The van der Waals surface area contributed by atoms with Gasteiger partial charge >= 0.3 is 0 Å². The Morgan fingerprint density at radius 2 is 2.05 bits per heavy atom. The molecule has 21 heavy (non-hydrogen) atoms. The second-order valence-electron chi connectivity index (χ2n) is 4.48. The lowest BCUT2D eigenvalue weighted by Crippen LogP contribution is -2.11. The number of H-pyrrole nitrogens is 1. The molecule has 0 spiro atoms. The molecule has 1 aromatic heterocycles. The summed E-state index contributed by atoms with van der Waals surface area (Å²) in [5, 5.41) is 0.585. The van der Waals surface area contributed by atoms with Crippen molar-refractivity contribution in [3.8, 4) is 5.75 Å². The minimum atomic E-state index is -0.168. The summed E-state index contributed by atoms with van der Waals surface area (Å²) in [6, 6.07) is 9.35. The molecule has 1 N–H and O–H groups in total. The van der Waals surface area contributed by atoms with Gasteiger partial charge in [-0.05, 0) is 19.1 Å². The van der Waals surface area contributed by atoms with Gasteiger partial charge in [0.2, 0.25) is 0 Å². The molecule has 2 rings (SSSR count). The molecule has 1 aromatic carbocycles. The monoisotopic (exact) mass is 306 g/mol. The van der Waals surface area contributed by atoms with Crippen molar-refractivity contribution >= 4 is 11.8 Å². The Kier molecular flexibility index (Phi) is 5.83. The number of thioether (sulfide) groups is 1. The van der Waals surface area contributed by atoms with Gasteiger partial charge in [-0.2, -0.15) is 0 Å². The summed E-state index contributed by atoms with van der Waals surface area (Å²) in [4.78, 5) is 18.5. The van der Waals surface area contributed by atoms with Crippen LogP contribution in [-0.2, 0) is 11.3 Å². The fourth-order valence-corrected chi connectivity index (χ4v) is 2.42. The van der Waals surface area contributed by atoms with Crippen molar-refractivity contribution in [1.82, 2.24) is 9.97 Å². The van der Waals surface area contributed by atoms with E-state index in [1.54, 1.807) is 7.11 Å². The van der Waals surface area contributed by atoms with Crippen LogP contribution in [0.2, 0.25) is 0 Å². The number of ether oxygens (including phenoxy) is 2. The molecule has 1 heterocycles. The standard InChI is InChI=1S/C15H18N2O3S/c1-11-3-5-13(6-4-11)20-7-8-21-15-16-12(10-19-2)9-14(18)17-15/h3-6,9H,7-8,10H2,1-2H3,(H,16,17,18). The van der Waals surface area contributed by atoms with Gasteiger partial charge in [-0.3, -0.25) is 4.79 Å². The van der Waals surface area contributed by atoms with Gasteiger partial charge in [0.1, 0.15) is 5.75 Å². The summed E-state index contributed by atoms with van der Waals surface area (Å²) in [6.45, 7) is 2.91. The van der Waals surface area contributed by atoms with E-state index in [1.165, 1.54) is 23.4 Å². The highest BCUT2D eigenvalue weighted by Crippen LogP contribution is 2.14. The highest BCUT2D eigenvalue weighted by molar-refractivity contribution is 7.99. The largest absolute Gasteiger partial charge is 0.493 e. The van der Waals surface area contributed by atoms with Gasteiger partial charge in [-0.15, -0.1) is 0 Å². The van der Waals surface area contributed by atoms with E-state index in [0.717, 1.165) is 5.75 Å². The lowest BCUT2D eigenvalue weighted by molar-refractivity contribution is 0.180. The first kappa shape index (κ1) is 15.6. The molecule has 0 saturated carbocycles. The number of nitrogens with one attached hydrogen (secondary N) is 1. The Labute approximate surface area is 127 Å². The third kappa shape index (κ3) is 5.24. The van der Waals surface area contributed by atoms with Crippen molar-refractivity contribution in [3.05, 3.63) is 51.9 Å². The van der Waals surface area contributed by atoms with Gasteiger partial charge in [0.25, 0.3) is 5.56 Å². The second kappa shape index (κ2) is 7.85. The average Bonchev–Trinajstić information content (AvgIpc) is 2.45. The molecule has 112 valence electrons. The van der Waals surface area contributed by atoms with Crippen LogP contribution in [0, 0.1) is 6.92 Å². The van der Waals surface area contributed by atoms with Crippen LogP contribution >= 0.6 is 11.8 Å². The van der Waals surface area contributed by atoms with Crippen molar-refractivity contribution in [2.45, 2.75) is 18.7 Å². The van der Waals surface area contributed by atoms with Crippen LogP contribution in [0.5, 0.6) is 5.75 Å². The second-order valence-corrected chi connectivity index (χ2v) is 5.57. The number of aromatic amines is 1. The van der Waals surface area contributed by atoms with Gasteiger partial charge in [-0.25, -0.2) is 4.98 Å². The van der Waals surface area contributed by atoms with Gasteiger partial charge < -0.3 is 14.5 Å². The molecule has 6 heteroatoms. The predicted octanol–water partition coefficient (Wildman–Crippen LogP) is 2.40. The topological polar surface area (TPSA) is 64.2 Å². The fourth-order valence-electron chi connectivity index (χ4n) is 1.71. The first-order chi connectivity index (χ1) is 10.2. The molecular weight excluding hydrogens is 288 g/mol. The maximum Gasteiger partial charge on any atom is 0.251 e. The predicted molar refractivity (Wildman–Crippen MR) is 83.0 cm³/mol. The molecule has 0 aliphatic rings. The summed E-state index contributed by atoms with van der Waals surface area (Å²) < 4.78 is 10.6. The molecule has 0 radical (unpaired) electrons. The number of benzene rings is 1. The third-order valence-corrected chi connectivity index (χ3v) is 3.51. The Hall–Kier alpha value is -1.79. The van der Waals surface area contributed by atoms with Crippen molar-refractivity contribution in [2.75, 3.05) is 19.5 Å². The molecule has 0 amide bonds. The van der Waals surface area contributed by atoms with E-state index < -0.39 is 0 Å².